The number of aliphatic hydroxyl groups is 2. The molecule has 0 bridgehead atoms. The quantitative estimate of drug-likeness (QED) is 0.841. The van der Waals surface area contributed by atoms with Gasteiger partial charge in [0.25, 0.3) is 0 Å². The highest BCUT2D eigenvalue weighted by Crippen LogP contribution is 2.41. The van der Waals surface area contributed by atoms with Crippen LogP contribution in [-0.4, -0.2) is 27.8 Å². The number of rotatable bonds is 4. The number of benzene rings is 2. The summed E-state index contributed by atoms with van der Waals surface area (Å²) in [7, 11) is 0. The lowest BCUT2D eigenvalue weighted by molar-refractivity contribution is 0.216. The maximum Gasteiger partial charge on any atom is 0.105 e. The van der Waals surface area contributed by atoms with Crippen LogP contribution in [0.4, 0.5) is 0 Å². The molecule has 0 saturated carbocycles. The fraction of sp³-hybridized carbons (Fsp3) is 0.294. The first kappa shape index (κ1) is 15.8. The van der Waals surface area contributed by atoms with E-state index in [1.54, 1.807) is 16.2 Å². The second-order valence-electron chi connectivity index (χ2n) is 5.29. The van der Waals surface area contributed by atoms with Crippen LogP contribution < -0.4 is 0 Å². The van der Waals surface area contributed by atoms with Crippen molar-refractivity contribution in [1.82, 2.24) is 4.42 Å². The van der Waals surface area contributed by atoms with Gasteiger partial charge < -0.3 is 10.2 Å². The molecule has 0 amide bonds. The van der Waals surface area contributed by atoms with E-state index in [0.29, 0.717) is 13.1 Å². The molecule has 3 rings (SSSR count). The second kappa shape index (κ2) is 7.02. The molecular weight excluding hydrogens is 318 g/mol. The van der Waals surface area contributed by atoms with Gasteiger partial charge in [-0.15, -0.1) is 11.8 Å². The molecule has 0 radical (unpaired) electrons. The summed E-state index contributed by atoms with van der Waals surface area (Å²) in [6, 6.07) is 14.0. The molecule has 0 fully saturated rings. The van der Waals surface area contributed by atoms with E-state index in [4.69, 9.17) is 16.9 Å². The van der Waals surface area contributed by atoms with Crippen molar-refractivity contribution < 1.29 is 10.2 Å². The van der Waals surface area contributed by atoms with Crippen molar-refractivity contribution in [2.24, 2.45) is 0 Å². The van der Waals surface area contributed by atoms with Crippen molar-refractivity contribution in [3.05, 3.63) is 64.7 Å². The normalized spacial score (nSPS) is 17.0. The average Bonchev–Trinajstić information content (AvgIpc) is 2.67. The molecule has 2 aromatic carbocycles. The van der Waals surface area contributed by atoms with E-state index in [0.717, 1.165) is 27.3 Å². The third-order valence-corrected chi connectivity index (χ3v) is 5.36. The van der Waals surface area contributed by atoms with Gasteiger partial charge in [-0.2, -0.15) is 0 Å². The minimum Gasteiger partial charge on any atom is -0.395 e. The summed E-state index contributed by atoms with van der Waals surface area (Å²) in [6.07, 6.45) is -0.609. The van der Waals surface area contributed by atoms with Crippen LogP contribution in [0.15, 0.2) is 47.4 Å². The standard InChI is InChI=1S/C17H18ClNO2S/c18-19(8-9-20)10-12-5-3-7-15-16(21)14-6-2-1-4-13(14)11-22-17(12)15/h1-7,16,20-21H,8-11H2. The first-order valence-electron chi connectivity index (χ1n) is 7.22. The molecule has 2 N–H and O–H groups in total. The van der Waals surface area contributed by atoms with Gasteiger partial charge in [-0.05, 0) is 34.0 Å². The first-order valence-corrected chi connectivity index (χ1v) is 8.55. The van der Waals surface area contributed by atoms with E-state index in [9.17, 15) is 5.11 Å². The van der Waals surface area contributed by atoms with Crippen molar-refractivity contribution in [1.29, 1.82) is 0 Å². The topological polar surface area (TPSA) is 43.7 Å². The molecule has 22 heavy (non-hydrogen) atoms. The van der Waals surface area contributed by atoms with Crippen molar-refractivity contribution in [2.45, 2.75) is 23.3 Å². The summed E-state index contributed by atoms with van der Waals surface area (Å²) in [5.74, 6) is 0.833. The van der Waals surface area contributed by atoms with Gasteiger partial charge in [0.1, 0.15) is 6.10 Å². The van der Waals surface area contributed by atoms with Gasteiger partial charge in [-0.1, -0.05) is 42.5 Å². The number of halogens is 1. The lowest BCUT2D eigenvalue weighted by Gasteiger charge is -2.18. The van der Waals surface area contributed by atoms with Crippen molar-refractivity contribution in [2.75, 3.05) is 13.2 Å². The Bertz CT molecular complexity index is 665. The lowest BCUT2D eigenvalue weighted by atomic mass is 9.96. The zero-order valence-corrected chi connectivity index (χ0v) is 13.6. The molecule has 1 atom stereocenters. The summed E-state index contributed by atoms with van der Waals surface area (Å²) in [5, 5.41) is 19.7. The zero-order chi connectivity index (χ0) is 15.5. The predicted molar refractivity (Wildman–Crippen MR) is 89.9 cm³/mol. The van der Waals surface area contributed by atoms with Crippen molar-refractivity contribution in [3.8, 4) is 0 Å². The SMILES string of the molecule is OCCN(Cl)Cc1cccc2c1SCc1ccccc1C2O. The molecule has 116 valence electrons. The monoisotopic (exact) mass is 335 g/mol. The van der Waals surface area contributed by atoms with Crippen molar-refractivity contribution >= 4 is 23.5 Å². The van der Waals surface area contributed by atoms with Crippen LogP contribution in [0.2, 0.25) is 0 Å². The number of aliphatic hydroxyl groups excluding tert-OH is 2. The van der Waals surface area contributed by atoms with Gasteiger partial charge >= 0.3 is 0 Å². The van der Waals surface area contributed by atoms with Crippen LogP contribution in [0.1, 0.15) is 28.4 Å². The zero-order valence-electron chi connectivity index (χ0n) is 12.1. The van der Waals surface area contributed by atoms with Crippen LogP contribution >= 0.6 is 23.5 Å². The number of thioether (sulfide) groups is 1. The Balaban J connectivity index is 1.97. The minimum atomic E-state index is -0.609. The maximum atomic E-state index is 10.8. The molecule has 0 aromatic heterocycles. The Hall–Kier alpha value is -1.04. The first-order chi connectivity index (χ1) is 10.7. The van der Waals surface area contributed by atoms with Gasteiger partial charge in [-0.3, -0.25) is 0 Å². The highest BCUT2D eigenvalue weighted by molar-refractivity contribution is 7.98. The lowest BCUT2D eigenvalue weighted by Crippen LogP contribution is -2.17. The Morgan fingerprint density at radius 3 is 2.73 bits per heavy atom. The molecule has 5 heteroatoms. The minimum absolute atomic E-state index is 0.0275. The summed E-state index contributed by atoms with van der Waals surface area (Å²) < 4.78 is 1.57. The Morgan fingerprint density at radius 2 is 1.91 bits per heavy atom. The average molecular weight is 336 g/mol. The van der Waals surface area contributed by atoms with E-state index >= 15 is 0 Å². The van der Waals surface area contributed by atoms with Crippen LogP contribution in [-0.2, 0) is 12.3 Å². The number of hydrogen-bond donors (Lipinski definition) is 2. The van der Waals surface area contributed by atoms with Crippen LogP contribution in [0.25, 0.3) is 0 Å². The summed E-state index contributed by atoms with van der Waals surface area (Å²) >= 11 is 7.86. The van der Waals surface area contributed by atoms with Crippen LogP contribution in [0.5, 0.6) is 0 Å². The van der Waals surface area contributed by atoms with Gasteiger partial charge in [0.15, 0.2) is 0 Å². The Morgan fingerprint density at radius 1 is 1.14 bits per heavy atom. The fourth-order valence-electron chi connectivity index (χ4n) is 2.74. The van der Waals surface area contributed by atoms with Gasteiger partial charge in [0.05, 0.1) is 6.61 Å². The van der Waals surface area contributed by atoms with E-state index in [1.807, 2.05) is 36.4 Å². The molecule has 1 aliphatic heterocycles. The summed E-state index contributed by atoms with van der Waals surface area (Å²) in [5.41, 5.74) is 4.16. The Kier molecular flexibility index (Phi) is 5.06. The fourth-order valence-corrected chi connectivity index (χ4v) is 4.17. The number of hydrogen-bond acceptors (Lipinski definition) is 4. The van der Waals surface area contributed by atoms with Gasteiger partial charge in [0.2, 0.25) is 0 Å². The van der Waals surface area contributed by atoms with Gasteiger partial charge in [0, 0.05) is 23.7 Å². The smallest absolute Gasteiger partial charge is 0.105 e. The summed E-state index contributed by atoms with van der Waals surface area (Å²) in [4.78, 5) is 1.09. The largest absolute Gasteiger partial charge is 0.395 e. The van der Waals surface area contributed by atoms with Crippen molar-refractivity contribution in [3.63, 3.8) is 0 Å². The molecule has 2 aromatic rings. The molecule has 0 saturated heterocycles. The van der Waals surface area contributed by atoms with Crippen LogP contribution in [0.3, 0.4) is 0 Å². The van der Waals surface area contributed by atoms with E-state index < -0.39 is 6.10 Å². The number of nitrogens with zero attached hydrogens (tertiary/aromatic N) is 1. The third kappa shape index (κ3) is 3.16. The number of fused-ring (bicyclic) bond motifs is 2. The van der Waals surface area contributed by atoms with Gasteiger partial charge in [-0.25, -0.2) is 4.42 Å². The molecule has 1 unspecified atom stereocenters. The molecular formula is C17H18ClNO2S. The van der Waals surface area contributed by atoms with E-state index in [-0.39, 0.29) is 6.61 Å². The van der Waals surface area contributed by atoms with E-state index in [2.05, 4.69) is 6.07 Å². The molecule has 1 aliphatic rings. The Labute approximate surface area is 139 Å². The molecule has 3 nitrogen and oxygen atoms in total. The third-order valence-electron chi connectivity index (χ3n) is 3.83. The maximum absolute atomic E-state index is 10.8. The van der Waals surface area contributed by atoms with Crippen LogP contribution in [0, 0.1) is 0 Å². The predicted octanol–water partition coefficient (Wildman–Crippen LogP) is 3.32. The second-order valence-corrected chi connectivity index (χ2v) is 6.76. The molecule has 1 heterocycles. The molecule has 0 aliphatic carbocycles. The molecule has 0 spiro atoms. The highest BCUT2D eigenvalue weighted by Gasteiger charge is 2.23. The van der Waals surface area contributed by atoms with E-state index in [1.165, 1.54) is 5.56 Å². The highest BCUT2D eigenvalue weighted by atomic mass is 35.5. The summed E-state index contributed by atoms with van der Waals surface area (Å²) in [6.45, 7) is 0.986.